The highest BCUT2D eigenvalue weighted by atomic mass is 19.4. The number of nitrogens with zero attached hydrogens (tertiary/aromatic N) is 3. The number of ether oxygens (including phenoxy) is 1. The summed E-state index contributed by atoms with van der Waals surface area (Å²) < 4.78 is 45.0. The van der Waals surface area contributed by atoms with Gasteiger partial charge in [-0.15, -0.1) is 5.10 Å². The molecule has 0 amide bonds. The largest absolute Gasteiger partial charge is 0.465 e. The summed E-state index contributed by atoms with van der Waals surface area (Å²) >= 11 is 0. The van der Waals surface area contributed by atoms with E-state index in [9.17, 15) is 18.0 Å². The van der Waals surface area contributed by atoms with Gasteiger partial charge in [0.25, 0.3) is 0 Å². The number of aliphatic hydroxyl groups excluding tert-OH is 1. The van der Waals surface area contributed by atoms with Crippen molar-refractivity contribution < 1.29 is 27.8 Å². The lowest BCUT2D eigenvalue weighted by Crippen LogP contribution is -2.04. The highest BCUT2D eigenvalue weighted by Crippen LogP contribution is 2.31. The van der Waals surface area contributed by atoms with E-state index in [-0.39, 0.29) is 6.61 Å². The molecular formula is C27H24F3N3O3. The van der Waals surface area contributed by atoms with Crippen molar-refractivity contribution >= 4 is 5.97 Å². The molecule has 0 unspecified atom stereocenters. The minimum atomic E-state index is -4.42. The number of esters is 1. The average molecular weight is 496 g/mol. The molecule has 36 heavy (non-hydrogen) atoms. The zero-order valence-corrected chi connectivity index (χ0v) is 19.5. The number of halogens is 3. The number of alkyl halides is 3. The third-order valence-electron chi connectivity index (χ3n) is 5.77. The second kappa shape index (κ2) is 10.7. The highest BCUT2D eigenvalue weighted by molar-refractivity contribution is 5.92. The monoisotopic (exact) mass is 495 g/mol. The molecule has 0 atom stereocenters. The minimum absolute atomic E-state index is 0.171. The van der Waals surface area contributed by atoms with Crippen molar-refractivity contribution in [2.45, 2.75) is 25.4 Å². The average Bonchev–Trinajstić information content (AvgIpc) is 3.39. The maximum atomic E-state index is 12.9. The Balaban J connectivity index is 1.65. The normalized spacial score (nSPS) is 11.5. The number of hydrogen-bond acceptors (Lipinski definition) is 5. The summed E-state index contributed by atoms with van der Waals surface area (Å²) in [4.78, 5) is 12.3. The van der Waals surface area contributed by atoms with E-state index in [2.05, 4.69) is 10.3 Å². The Morgan fingerprint density at radius 2 is 1.64 bits per heavy atom. The summed E-state index contributed by atoms with van der Waals surface area (Å²) in [5.41, 5.74) is 3.80. The van der Waals surface area contributed by atoms with E-state index in [1.54, 1.807) is 18.3 Å². The van der Waals surface area contributed by atoms with E-state index < -0.39 is 17.7 Å². The van der Waals surface area contributed by atoms with Crippen LogP contribution < -0.4 is 0 Å². The third-order valence-corrected chi connectivity index (χ3v) is 5.77. The fraction of sp³-hybridized carbons (Fsp3) is 0.222. The molecule has 0 fully saturated rings. The Kier molecular flexibility index (Phi) is 7.49. The SMILES string of the molecule is COC(=O)c1cc(-c2ccc(CCCCO)cc2)cc(-n2cc(-c3ccc(C(F)(F)F)cc3)nn2)c1. The molecule has 0 radical (unpaired) electrons. The molecule has 0 saturated carbocycles. The molecule has 1 aromatic heterocycles. The van der Waals surface area contributed by atoms with Crippen molar-refractivity contribution in [3.63, 3.8) is 0 Å². The summed E-state index contributed by atoms with van der Waals surface area (Å²) in [6, 6.07) is 17.8. The van der Waals surface area contributed by atoms with Crippen molar-refractivity contribution in [1.29, 1.82) is 0 Å². The van der Waals surface area contributed by atoms with Gasteiger partial charge in [-0.25, -0.2) is 9.48 Å². The van der Waals surface area contributed by atoms with E-state index in [1.807, 2.05) is 30.3 Å². The van der Waals surface area contributed by atoms with Crippen LogP contribution in [0, 0.1) is 0 Å². The molecule has 0 aliphatic carbocycles. The Labute approximate surface area is 206 Å². The lowest BCUT2D eigenvalue weighted by molar-refractivity contribution is -0.137. The van der Waals surface area contributed by atoms with Crippen LogP contribution in [0.5, 0.6) is 0 Å². The predicted molar refractivity (Wildman–Crippen MR) is 129 cm³/mol. The molecule has 186 valence electrons. The van der Waals surface area contributed by atoms with Gasteiger partial charge in [0.05, 0.1) is 30.1 Å². The van der Waals surface area contributed by atoms with Crippen LogP contribution in [0.3, 0.4) is 0 Å². The molecule has 1 N–H and O–H groups in total. The van der Waals surface area contributed by atoms with Gasteiger partial charge in [-0.1, -0.05) is 41.6 Å². The van der Waals surface area contributed by atoms with Crippen LogP contribution in [0.15, 0.2) is 72.9 Å². The Bertz CT molecular complexity index is 1330. The molecule has 0 aliphatic rings. The van der Waals surface area contributed by atoms with E-state index in [1.165, 1.54) is 23.9 Å². The van der Waals surface area contributed by atoms with E-state index in [0.717, 1.165) is 48.1 Å². The lowest BCUT2D eigenvalue weighted by Gasteiger charge is -2.10. The molecule has 0 aliphatic heterocycles. The van der Waals surface area contributed by atoms with Gasteiger partial charge in [-0.2, -0.15) is 13.2 Å². The summed E-state index contributed by atoms with van der Waals surface area (Å²) in [6.45, 7) is 0.171. The second-order valence-electron chi connectivity index (χ2n) is 8.26. The first-order valence-corrected chi connectivity index (χ1v) is 11.3. The van der Waals surface area contributed by atoms with E-state index in [0.29, 0.717) is 22.5 Å². The third kappa shape index (κ3) is 5.80. The number of carbonyl (C=O) groups is 1. The topological polar surface area (TPSA) is 77.2 Å². The molecule has 4 aromatic rings. The predicted octanol–water partition coefficient (Wildman–Crippen LogP) is 5.72. The summed E-state index contributed by atoms with van der Waals surface area (Å²) in [7, 11) is 1.30. The molecule has 0 saturated heterocycles. The van der Waals surface area contributed by atoms with Crippen molar-refractivity contribution in [2.75, 3.05) is 13.7 Å². The molecule has 3 aromatic carbocycles. The van der Waals surface area contributed by atoms with Gasteiger partial charge in [0.15, 0.2) is 0 Å². The maximum Gasteiger partial charge on any atom is 0.416 e. The minimum Gasteiger partial charge on any atom is -0.465 e. The first kappa shape index (κ1) is 25.1. The number of aryl methyl sites for hydroxylation is 1. The van der Waals surface area contributed by atoms with Gasteiger partial charge in [0.2, 0.25) is 0 Å². The number of hydrogen-bond donors (Lipinski definition) is 1. The quantitative estimate of drug-likeness (QED) is 0.250. The number of rotatable bonds is 8. The van der Waals surface area contributed by atoms with Crippen molar-refractivity contribution in [3.05, 3.63) is 89.6 Å². The first-order chi connectivity index (χ1) is 17.3. The van der Waals surface area contributed by atoms with Crippen LogP contribution in [-0.4, -0.2) is 39.8 Å². The molecule has 1 heterocycles. The Hall–Kier alpha value is -3.98. The summed E-state index contributed by atoms with van der Waals surface area (Å²) in [6.07, 6.45) is -0.324. The van der Waals surface area contributed by atoms with Gasteiger partial charge in [-0.3, -0.25) is 0 Å². The van der Waals surface area contributed by atoms with Crippen molar-refractivity contribution in [2.24, 2.45) is 0 Å². The standard InChI is InChI=1S/C27H24F3N3O3/c1-36-26(35)22-14-21(19-7-5-18(6-8-19)4-2-3-13-34)15-24(16-22)33-17-25(31-32-33)20-9-11-23(12-10-20)27(28,29)30/h5-12,14-17,34H,2-4,13H2,1H3. The summed E-state index contributed by atoms with van der Waals surface area (Å²) in [5.74, 6) is -0.512. The number of benzene rings is 3. The number of aromatic nitrogens is 3. The molecule has 0 bridgehead atoms. The molecular weight excluding hydrogens is 471 g/mol. The van der Waals surface area contributed by atoms with Crippen LogP contribution in [-0.2, 0) is 17.3 Å². The zero-order valence-electron chi connectivity index (χ0n) is 19.5. The maximum absolute atomic E-state index is 12.9. The Morgan fingerprint density at radius 1 is 0.944 bits per heavy atom. The molecule has 0 spiro atoms. The van der Waals surface area contributed by atoms with Crippen LogP contribution >= 0.6 is 0 Å². The van der Waals surface area contributed by atoms with Crippen molar-refractivity contribution in [3.8, 4) is 28.1 Å². The number of unbranched alkanes of at least 4 members (excludes halogenated alkanes) is 1. The van der Waals surface area contributed by atoms with Crippen LogP contribution in [0.25, 0.3) is 28.1 Å². The lowest BCUT2D eigenvalue weighted by atomic mass is 9.99. The van der Waals surface area contributed by atoms with Gasteiger partial charge in [0, 0.05) is 12.2 Å². The smallest absolute Gasteiger partial charge is 0.416 e. The van der Waals surface area contributed by atoms with Gasteiger partial charge in [-0.05, 0) is 66.3 Å². The highest BCUT2D eigenvalue weighted by Gasteiger charge is 2.30. The Morgan fingerprint density at radius 3 is 2.28 bits per heavy atom. The zero-order chi connectivity index (χ0) is 25.7. The van der Waals surface area contributed by atoms with E-state index in [4.69, 9.17) is 9.84 Å². The van der Waals surface area contributed by atoms with Crippen LogP contribution in [0.2, 0.25) is 0 Å². The fourth-order valence-electron chi connectivity index (χ4n) is 3.80. The first-order valence-electron chi connectivity index (χ1n) is 11.3. The number of aliphatic hydroxyl groups is 1. The van der Waals surface area contributed by atoms with E-state index >= 15 is 0 Å². The van der Waals surface area contributed by atoms with Gasteiger partial charge < -0.3 is 9.84 Å². The van der Waals surface area contributed by atoms with Gasteiger partial charge >= 0.3 is 12.1 Å². The number of carbonyl (C=O) groups excluding carboxylic acids is 1. The molecule has 4 rings (SSSR count). The molecule has 6 nitrogen and oxygen atoms in total. The number of methoxy groups -OCH3 is 1. The van der Waals surface area contributed by atoms with Crippen molar-refractivity contribution in [1.82, 2.24) is 15.0 Å². The second-order valence-corrected chi connectivity index (χ2v) is 8.26. The fourth-order valence-corrected chi connectivity index (χ4v) is 3.80. The van der Waals surface area contributed by atoms with Crippen LogP contribution in [0.1, 0.15) is 34.3 Å². The van der Waals surface area contributed by atoms with Crippen LogP contribution in [0.4, 0.5) is 13.2 Å². The molecule has 9 heteroatoms. The summed E-state index contributed by atoms with van der Waals surface area (Å²) in [5, 5.41) is 17.2. The van der Waals surface area contributed by atoms with Gasteiger partial charge in [0.1, 0.15) is 5.69 Å².